The first-order chi connectivity index (χ1) is 13.3. The predicted molar refractivity (Wildman–Crippen MR) is 98.5 cm³/mol. The molecule has 0 bridgehead atoms. The highest BCUT2D eigenvalue weighted by Crippen LogP contribution is 2.21. The molecule has 4 rings (SSSR count). The summed E-state index contributed by atoms with van der Waals surface area (Å²) in [6.07, 6.45) is 7.54. The number of aromatic nitrogens is 6. The Bertz CT molecular complexity index is 882. The average Bonchev–Trinajstić information content (AvgIpc) is 3.37. The summed E-state index contributed by atoms with van der Waals surface area (Å²) in [5, 5.41) is 17.8. The molecule has 1 fully saturated rings. The van der Waals surface area contributed by atoms with Crippen molar-refractivity contribution < 1.29 is 4.79 Å². The highest BCUT2D eigenvalue weighted by atomic mass is 16.2. The Balaban J connectivity index is 1.29. The molecule has 0 aromatic carbocycles. The fourth-order valence-corrected chi connectivity index (χ4v) is 3.18. The van der Waals surface area contributed by atoms with Crippen LogP contribution in [0.5, 0.6) is 0 Å². The molecule has 1 unspecified atom stereocenters. The van der Waals surface area contributed by atoms with Crippen LogP contribution >= 0.6 is 0 Å². The van der Waals surface area contributed by atoms with Crippen molar-refractivity contribution in [1.29, 1.82) is 0 Å². The lowest BCUT2D eigenvalue weighted by atomic mass is 9.97. The molecule has 140 valence electrons. The number of H-pyrrole nitrogens is 1. The van der Waals surface area contributed by atoms with Gasteiger partial charge < -0.3 is 10.6 Å². The summed E-state index contributed by atoms with van der Waals surface area (Å²) in [4.78, 5) is 20.6. The molecule has 4 heterocycles. The van der Waals surface area contributed by atoms with Gasteiger partial charge in [0.15, 0.2) is 5.82 Å². The number of pyridine rings is 1. The molecule has 1 saturated heterocycles. The third kappa shape index (κ3) is 4.37. The van der Waals surface area contributed by atoms with Crippen molar-refractivity contribution in [2.24, 2.45) is 0 Å². The molecule has 9 nitrogen and oxygen atoms in total. The molecule has 1 aliphatic rings. The number of nitrogens with one attached hydrogen (secondary N) is 3. The number of hydrogen-bond acceptors (Lipinski definition) is 6. The van der Waals surface area contributed by atoms with Crippen LogP contribution in [-0.2, 0) is 17.9 Å². The lowest BCUT2D eigenvalue weighted by molar-refractivity contribution is -0.122. The fourth-order valence-electron chi connectivity index (χ4n) is 3.18. The minimum Gasteiger partial charge on any atom is -0.347 e. The van der Waals surface area contributed by atoms with Gasteiger partial charge in [0, 0.05) is 36.6 Å². The summed E-state index contributed by atoms with van der Waals surface area (Å²) in [5.74, 6) is 1.50. The Morgan fingerprint density at radius 3 is 3.00 bits per heavy atom. The molecule has 0 radical (unpaired) electrons. The van der Waals surface area contributed by atoms with Crippen LogP contribution in [0.25, 0.3) is 11.4 Å². The number of carbonyl (C=O) groups is 1. The largest absolute Gasteiger partial charge is 0.347 e. The van der Waals surface area contributed by atoms with Crippen LogP contribution in [-0.4, -0.2) is 48.9 Å². The highest BCUT2D eigenvalue weighted by Gasteiger charge is 2.18. The van der Waals surface area contributed by atoms with Gasteiger partial charge in [0.25, 0.3) is 0 Å². The SMILES string of the molecule is O=C(Cn1ccc(C2CCCNC2)n1)NCc1nc(-c2ccncc2)n[nH]1. The minimum atomic E-state index is -0.117. The molecule has 3 aromatic heterocycles. The number of carbonyl (C=O) groups excluding carboxylic acids is 1. The van der Waals surface area contributed by atoms with E-state index in [0.29, 0.717) is 17.6 Å². The zero-order valence-corrected chi connectivity index (χ0v) is 14.9. The minimum absolute atomic E-state index is 0.117. The van der Waals surface area contributed by atoms with Crippen molar-refractivity contribution in [3.05, 3.63) is 48.3 Å². The van der Waals surface area contributed by atoms with Gasteiger partial charge in [-0.25, -0.2) is 4.98 Å². The maximum Gasteiger partial charge on any atom is 0.242 e. The molecule has 27 heavy (non-hydrogen) atoms. The maximum absolute atomic E-state index is 12.2. The smallest absolute Gasteiger partial charge is 0.242 e. The average molecular weight is 366 g/mol. The van der Waals surface area contributed by atoms with E-state index in [1.807, 2.05) is 24.4 Å². The van der Waals surface area contributed by atoms with E-state index in [-0.39, 0.29) is 19.0 Å². The summed E-state index contributed by atoms with van der Waals surface area (Å²) >= 11 is 0. The first-order valence-corrected chi connectivity index (χ1v) is 9.10. The number of nitrogens with zero attached hydrogens (tertiary/aromatic N) is 5. The molecule has 9 heteroatoms. The zero-order valence-electron chi connectivity index (χ0n) is 14.9. The summed E-state index contributed by atoms with van der Waals surface area (Å²) in [6.45, 7) is 2.50. The lowest BCUT2D eigenvalue weighted by Gasteiger charge is -2.20. The Morgan fingerprint density at radius 1 is 1.30 bits per heavy atom. The Kier molecular flexibility index (Phi) is 5.20. The number of rotatable bonds is 6. The van der Waals surface area contributed by atoms with Gasteiger partial charge in [0.1, 0.15) is 12.4 Å². The number of amides is 1. The van der Waals surface area contributed by atoms with E-state index < -0.39 is 0 Å². The van der Waals surface area contributed by atoms with E-state index in [2.05, 4.69) is 35.9 Å². The number of piperidine rings is 1. The monoisotopic (exact) mass is 366 g/mol. The summed E-state index contributed by atoms with van der Waals surface area (Å²) in [7, 11) is 0. The third-order valence-corrected chi connectivity index (χ3v) is 4.61. The maximum atomic E-state index is 12.2. The van der Waals surface area contributed by atoms with Gasteiger partial charge in [-0.15, -0.1) is 0 Å². The lowest BCUT2D eigenvalue weighted by Crippen LogP contribution is -2.29. The summed E-state index contributed by atoms with van der Waals surface area (Å²) < 4.78 is 1.68. The molecule has 0 saturated carbocycles. The van der Waals surface area contributed by atoms with E-state index in [1.54, 1.807) is 17.1 Å². The van der Waals surface area contributed by atoms with Gasteiger partial charge in [-0.3, -0.25) is 19.6 Å². The van der Waals surface area contributed by atoms with Crippen LogP contribution in [0.15, 0.2) is 36.8 Å². The van der Waals surface area contributed by atoms with Gasteiger partial charge >= 0.3 is 0 Å². The van der Waals surface area contributed by atoms with E-state index in [4.69, 9.17) is 0 Å². The molecule has 3 N–H and O–H groups in total. The van der Waals surface area contributed by atoms with E-state index in [0.717, 1.165) is 37.2 Å². The quantitative estimate of drug-likeness (QED) is 0.596. The van der Waals surface area contributed by atoms with Crippen molar-refractivity contribution in [3.8, 4) is 11.4 Å². The number of aromatic amines is 1. The molecule has 0 spiro atoms. The van der Waals surface area contributed by atoms with Crippen molar-refractivity contribution in [2.45, 2.75) is 31.8 Å². The molecule has 3 aromatic rings. The van der Waals surface area contributed by atoms with Crippen molar-refractivity contribution in [3.63, 3.8) is 0 Å². The van der Waals surface area contributed by atoms with Gasteiger partial charge in [0.05, 0.1) is 12.2 Å². The molecule has 1 aliphatic heterocycles. The second-order valence-corrected chi connectivity index (χ2v) is 6.60. The van der Waals surface area contributed by atoms with Crippen molar-refractivity contribution in [1.82, 2.24) is 40.6 Å². The predicted octanol–water partition coefficient (Wildman–Crippen LogP) is 0.847. The van der Waals surface area contributed by atoms with E-state index in [1.165, 1.54) is 0 Å². The Hall–Kier alpha value is -3.07. The normalized spacial score (nSPS) is 17.0. The molecule has 1 amide bonds. The standard InChI is InChI=1S/C18H22N8O/c27-17(12-26-9-5-15(25-26)14-2-1-6-20-10-14)21-11-16-22-18(24-23-16)13-3-7-19-8-4-13/h3-5,7-9,14,20H,1-2,6,10-12H2,(H,21,27)(H,22,23,24). The summed E-state index contributed by atoms with van der Waals surface area (Å²) in [5.41, 5.74) is 1.92. The Labute approximate surface area is 156 Å². The van der Waals surface area contributed by atoms with Crippen LogP contribution in [0.3, 0.4) is 0 Å². The highest BCUT2D eigenvalue weighted by molar-refractivity contribution is 5.75. The van der Waals surface area contributed by atoms with Gasteiger partial charge in [-0.1, -0.05) is 0 Å². The third-order valence-electron chi connectivity index (χ3n) is 4.61. The first-order valence-electron chi connectivity index (χ1n) is 9.10. The second-order valence-electron chi connectivity index (χ2n) is 6.60. The van der Waals surface area contributed by atoms with E-state index >= 15 is 0 Å². The molecular weight excluding hydrogens is 344 g/mol. The van der Waals surface area contributed by atoms with Crippen LogP contribution in [0.4, 0.5) is 0 Å². The van der Waals surface area contributed by atoms with Gasteiger partial charge in [-0.2, -0.15) is 10.2 Å². The first kappa shape index (κ1) is 17.3. The van der Waals surface area contributed by atoms with Gasteiger partial charge in [0.2, 0.25) is 5.91 Å². The van der Waals surface area contributed by atoms with Crippen molar-refractivity contribution >= 4 is 5.91 Å². The fraction of sp³-hybridized carbons (Fsp3) is 0.389. The summed E-state index contributed by atoms with van der Waals surface area (Å²) in [6, 6.07) is 5.67. The van der Waals surface area contributed by atoms with E-state index in [9.17, 15) is 4.79 Å². The Morgan fingerprint density at radius 2 is 2.19 bits per heavy atom. The van der Waals surface area contributed by atoms with Crippen LogP contribution in [0, 0.1) is 0 Å². The number of hydrogen-bond donors (Lipinski definition) is 3. The zero-order chi connectivity index (χ0) is 18.5. The van der Waals surface area contributed by atoms with Crippen LogP contribution in [0.2, 0.25) is 0 Å². The van der Waals surface area contributed by atoms with Crippen LogP contribution < -0.4 is 10.6 Å². The van der Waals surface area contributed by atoms with Gasteiger partial charge in [-0.05, 0) is 37.6 Å². The molecule has 0 aliphatic carbocycles. The molecular formula is C18H22N8O. The topological polar surface area (TPSA) is 113 Å². The second kappa shape index (κ2) is 8.09. The van der Waals surface area contributed by atoms with Crippen molar-refractivity contribution in [2.75, 3.05) is 13.1 Å². The van der Waals surface area contributed by atoms with Crippen LogP contribution in [0.1, 0.15) is 30.3 Å². The molecule has 1 atom stereocenters.